The van der Waals surface area contributed by atoms with Crippen molar-refractivity contribution >= 4 is 39.2 Å². The maximum absolute atomic E-state index is 12.3. The summed E-state index contributed by atoms with van der Waals surface area (Å²) in [6, 6.07) is 4.02. The van der Waals surface area contributed by atoms with Crippen molar-refractivity contribution in [3.8, 4) is 0 Å². The number of hydrogen-bond donors (Lipinski definition) is 2. The van der Waals surface area contributed by atoms with Crippen molar-refractivity contribution in [1.29, 1.82) is 0 Å². The van der Waals surface area contributed by atoms with Gasteiger partial charge in [0.25, 0.3) is 5.69 Å². The van der Waals surface area contributed by atoms with Gasteiger partial charge in [-0.25, -0.2) is 0 Å². The van der Waals surface area contributed by atoms with Crippen molar-refractivity contribution in [2.45, 2.75) is 44.9 Å². The van der Waals surface area contributed by atoms with E-state index in [0.717, 1.165) is 25.7 Å². The number of carboxylic acids is 1. The first-order chi connectivity index (χ1) is 11.3. The molecule has 24 heavy (non-hydrogen) atoms. The topological polar surface area (TPSA) is 110 Å². The standard InChI is InChI=1S/C16H19BrN2O5/c17-12-9-11(19(23)24)5-6-13(12)18-14(20)10-16(15(21)22)7-3-1-2-4-8-16/h5-6,9H,1-4,7-8,10H2,(H,18,20)(H,21,22). The molecule has 1 aliphatic rings. The molecule has 1 aromatic carbocycles. The van der Waals surface area contributed by atoms with Crippen LogP contribution >= 0.6 is 15.9 Å². The number of carbonyl (C=O) groups excluding carboxylic acids is 1. The van der Waals surface area contributed by atoms with Crippen molar-refractivity contribution in [1.82, 2.24) is 0 Å². The Hall–Kier alpha value is -1.96. The SMILES string of the molecule is O=C(CC1(C(=O)O)CCCCCC1)Nc1ccc([N+](=O)[O-])cc1Br. The molecule has 1 aromatic rings. The number of rotatable bonds is 5. The monoisotopic (exact) mass is 398 g/mol. The third-order valence-corrected chi connectivity index (χ3v) is 5.11. The summed E-state index contributed by atoms with van der Waals surface area (Å²) in [5.41, 5.74) is -0.723. The summed E-state index contributed by atoms with van der Waals surface area (Å²) in [7, 11) is 0. The van der Waals surface area contributed by atoms with Gasteiger partial charge in [0, 0.05) is 23.0 Å². The minimum atomic E-state index is -1.02. The lowest BCUT2D eigenvalue weighted by Crippen LogP contribution is -2.35. The highest BCUT2D eigenvalue weighted by atomic mass is 79.9. The second-order valence-corrected chi connectivity index (χ2v) is 7.00. The molecule has 1 saturated carbocycles. The molecule has 0 aliphatic heterocycles. The van der Waals surface area contributed by atoms with Crippen LogP contribution in [0.2, 0.25) is 0 Å². The molecule has 1 amide bonds. The van der Waals surface area contributed by atoms with Gasteiger partial charge in [-0.1, -0.05) is 25.7 Å². The molecule has 0 bridgehead atoms. The van der Waals surface area contributed by atoms with Gasteiger partial charge in [0.15, 0.2) is 0 Å². The van der Waals surface area contributed by atoms with E-state index in [-0.39, 0.29) is 12.1 Å². The summed E-state index contributed by atoms with van der Waals surface area (Å²) < 4.78 is 0.385. The van der Waals surface area contributed by atoms with Gasteiger partial charge in [-0.05, 0) is 34.8 Å². The van der Waals surface area contributed by atoms with Crippen LogP contribution in [0.4, 0.5) is 11.4 Å². The van der Waals surface area contributed by atoms with Gasteiger partial charge in [-0.3, -0.25) is 19.7 Å². The van der Waals surface area contributed by atoms with Crippen LogP contribution in [-0.4, -0.2) is 21.9 Å². The van der Waals surface area contributed by atoms with Crippen LogP contribution in [0.3, 0.4) is 0 Å². The molecule has 0 spiro atoms. The quantitative estimate of drug-likeness (QED) is 0.440. The zero-order valence-corrected chi connectivity index (χ0v) is 14.7. The Balaban J connectivity index is 2.11. The van der Waals surface area contributed by atoms with Crippen molar-refractivity contribution < 1.29 is 19.6 Å². The van der Waals surface area contributed by atoms with Crippen LogP contribution in [-0.2, 0) is 9.59 Å². The van der Waals surface area contributed by atoms with Crippen molar-refractivity contribution in [3.63, 3.8) is 0 Å². The lowest BCUT2D eigenvalue weighted by molar-refractivity contribution is -0.384. The molecule has 130 valence electrons. The Labute approximate surface area is 147 Å². The van der Waals surface area contributed by atoms with E-state index in [1.165, 1.54) is 18.2 Å². The highest BCUT2D eigenvalue weighted by Crippen LogP contribution is 2.39. The number of nitro benzene ring substituents is 1. The number of nitrogens with zero attached hydrogens (tertiary/aromatic N) is 1. The number of nitrogens with one attached hydrogen (secondary N) is 1. The summed E-state index contributed by atoms with van der Waals surface area (Å²) in [4.78, 5) is 34.3. The molecule has 7 nitrogen and oxygen atoms in total. The van der Waals surface area contributed by atoms with E-state index in [9.17, 15) is 24.8 Å². The van der Waals surface area contributed by atoms with Gasteiger partial charge in [-0.2, -0.15) is 0 Å². The molecule has 0 atom stereocenters. The van der Waals surface area contributed by atoms with Crippen LogP contribution < -0.4 is 5.32 Å². The number of anilines is 1. The highest BCUT2D eigenvalue weighted by Gasteiger charge is 2.40. The van der Waals surface area contributed by atoms with Crippen molar-refractivity contribution in [3.05, 3.63) is 32.8 Å². The number of non-ortho nitro benzene ring substituents is 1. The highest BCUT2D eigenvalue weighted by molar-refractivity contribution is 9.10. The van der Waals surface area contributed by atoms with E-state index < -0.39 is 22.2 Å². The number of amides is 1. The molecule has 0 aromatic heterocycles. The Morgan fingerprint density at radius 3 is 2.38 bits per heavy atom. The molecule has 1 fully saturated rings. The Morgan fingerprint density at radius 1 is 1.25 bits per heavy atom. The van der Waals surface area contributed by atoms with Crippen LogP contribution in [0.15, 0.2) is 22.7 Å². The maximum Gasteiger partial charge on any atom is 0.310 e. The zero-order valence-electron chi connectivity index (χ0n) is 13.1. The molecule has 2 rings (SSSR count). The molecule has 0 unspecified atom stereocenters. The molecule has 2 N–H and O–H groups in total. The minimum absolute atomic E-state index is 0.0915. The van der Waals surface area contributed by atoms with Gasteiger partial charge in [0.1, 0.15) is 0 Å². The van der Waals surface area contributed by atoms with E-state index in [4.69, 9.17) is 0 Å². The van der Waals surface area contributed by atoms with Crippen LogP contribution in [0.1, 0.15) is 44.9 Å². The fraction of sp³-hybridized carbons (Fsp3) is 0.500. The van der Waals surface area contributed by atoms with Gasteiger partial charge in [0.2, 0.25) is 5.91 Å². The fourth-order valence-corrected chi connectivity index (χ4v) is 3.56. The van der Waals surface area contributed by atoms with Gasteiger partial charge in [0.05, 0.1) is 16.0 Å². The molecule has 0 heterocycles. The number of benzene rings is 1. The first-order valence-corrected chi connectivity index (χ1v) is 8.60. The minimum Gasteiger partial charge on any atom is -0.481 e. The van der Waals surface area contributed by atoms with E-state index in [0.29, 0.717) is 23.0 Å². The summed E-state index contributed by atoms with van der Waals surface area (Å²) in [6.07, 6.45) is 4.50. The smallest absolute Gasteiger partial charge is 0.310 e. The molecular weight excluding hydrogens is 380 g/mol. The van der Waals surface area contributed by atoms with Gasteiger partial charge in [-0.15, -0.1) is 0 Å². The first-order valence-electron chi connectivity index (χ1n) is 7.81. The van der Waals surface area contributed by atoms with Gasteiger partial charge >= 0.3 is 5.97 Å². The van der Waals surface area contributed by atoms with E-state index in [1.54, 1.807) is 0 Å². The van der Waals surface area contributed by atoms with Crippen molar-refractivity contribution in [2.75, 3.05) is 5.32 Å². The van der Waals surface area contributed by atoms with Gasteiger partial charge < -0.3 is 10.4 Å². The van der Waals surface area contributed by atoms with Crippen LogP contribution in [0, 0.1) is 15.5 Å². The molecule has 1 aliphatic carbocycles. The molecule has 8 heteroatoms. The first kappa shape index (κ1) is 18.4. The summed E-state index contributed by atoms with van der Waals surface area (Å²) in [6.45, 7) is 0. The number of aliphatic carboxylic acids is 1. The summed E-state index contributed by atoms with van der Waals surface area (Å²) in [5, 5.41) is 23.0. The maximum atomic E-state index is 12.3. The Morgan fingerprint density at radius 2 is 1.88 bits per heavy atom. The number of carbonyl (C=O) groups is 2. The third kappa shape index (κ3) is 4.31. The van der Waals surface area contributed by atoms with E-state index in [2.05, 4.69) is 21.2 Å². The molecular formula is C16H19BrN2O5. The van der Waals surface area contributed by atoms with Crippen LogP contribution in [0.5, 0.6) is 0 Å². The third-order valence-electron chi connectivity index (χ3n) is 4.45. The molecule has 0 saturated heterocycles. The van der Waals surface area contributed by atoms with Crippen molar-refractivity contribution in [2.24, 2.45) is 5.41 Å². The molecule has 0 radical (unpaired) electrons. The predicted octanol–water partition coefficient (Wildman–Crippen LogP) is 4.11. The zero-order chi connectivity index (χ0) is 17.7. The predicted molar refractivity (Wildman–Crippen MR) is 91.8 cm³/mol. The Kier molecular flexibility index (Phi) is 5.93. The number of hydrogen-bond acceptors (Lipinski definition) is 4. The second-order valence-electron chi connectivity index (χ2n) is 6.15. The average Bonchev–Trinajstić information content (AvgIpc) is 2.75. The Bertz CT molecular complexity index is 654. The lowest BCUT2D eigenvalue weighted by Gasteiger charge is -2.27. The fourth-order valence-electron chi connectivity index (χ4n) is 3.09. The number of nitro groups is 1. The van der Waals surface area contributed by atoms with E-state index >= 15 is 0 Å². The van der Waals surface area contributed by atoms with Crippen LogP contribution in [0.25, 0.3) is 0 Å². The second kappa shape index (κ2) is 7.74. The lowest BCUT2D eigenvalue weighted by atomic mass is 9.77. The normalized spacial score (nSPS) is 16.9. The number of carboxylic acid groups (broad SMARTS) is 1. The largest absolute Gasteiger partial charge is 0.481 e. The summed E-state index contributed by atoms with van der Waals surface area (Å²) in [5.74, 6) is -1.32. The van der Waals surface area contributed by atoms with E-state index in [1.807, 2.05) is 0 Å². The summed E-state index contributed by atoms with van der Waals surface area (Å²) >= 11 is 3.19. The number of halogens is 1. The average molecular weight is 399 g/mol.